The second-order valence-corrected chi connectivity index (χ2v) is 4.77. The van der Waals surface area contributed by atoms with Gasteiger partial charge in [-0.3, -0.25) is 0 Å². The van der Waals surface area contributed by atoms with Crippen LogP contribution in [-0.4, -0.2) is 12.4 Å². The molecule has 1 rings (SSSR count). The molecule has 108 valence electrons. The van der Waals surface area contributed by atoms with Crippen LogP contribution in [0.2, 0.25) is 0 Å². The van der Waals surface area contributed by atoms with Gasteiger partial charge in [0.05, 0.1) is 6.61 Å². The van der Waals surface area contributed by atoms with Crippen molar-refractivity contribution in [2.45, 2.75) is 26.7 Å². The topological polar surface area (TPSA) is 9.23 Å². The van der Waals surface area contributed by atoms with Gasteiger partial charge in [-0.05, 0) is 18.6 Å². The Bertz CT molecular complexity index is 412. The highest BCUT2D eigenvalue weighted by molar-refractivity contribution is 7.80. The van der Waals surface area contributed by atoms with E-state index in [0.717, 1.165) is 0 Å². The lowest BCUT2D eigenvalue weighted by molar-refractivity contribution is 0.144. The van der Waals surface area contributed by atoms with Crippen molar-refractivity contribution in [2.24, 2.45) is 5.41 Å². The molecule has 0 aliphatic heterocycles. The summed E-state index contributed by atoms with van der Waals surface area (Å²) < 4.78 is 57.8. The van der Waals surface area contributed by atoms with E-state index in [9.17, 15) is 17.6 Å². The summed E-state index contributed by atoms with van der Waals surface area (Å²) in [6.45, 7) is 3.73. The zero-order valence-corrected chi connectivity index (χ0v) is 11.7. The Hall–Kier alpha value is -0.910. The molecular formula is C13H16F4OS. The molecule has 0 aliphatic carbocycles. The summed E-state index contributed by atoms with van der Waals surface area (Å²) in [6, 6.07) is 0.156. The Morgan fingerprint density at radius 2 is 1.53 bits per heavy atom. The first kappa shape index (κ1) is 16.1. The van der Waals surface area contributed by atoms with E-state index in [2.05, 4.69) is 12.6 Å². The molecular weight excluding hydrogens is 280 g/mol. The average Bonchev–Trinajstić information content (AvgIpc) is 2.41. The van der Waals surface area contributed by atoms with Crippen LogP contribution in [0.25, 0.3) is 0 Å². The average molecular weight is 296 g/mol. The summed E-state index contributed by atoms with van der Waals surface area (Å²) in [6.07, 6.45) is 1.35. The maximum atomic E-state index is 13.4. The van der Waals surface area contributed by atoms with E-state index in [4.69, 9.17) is 4.74 Å². The standard InChI is InChI=1S/C13H16F4OS/c1-3-13(4-2,7-19)6-18-12-10(16)8(14)5-9(15)11(12)17/h5,19H,3-4,6-7H2,1-2H3. The number of rotatable bonds is 6. The Labute approximate surface area is 115 Å². The number of hydrogen-bond acceptors (Lipinski definition) is 2. The summed E-state index contributed by atoms with van der Waals surface area (Å²) in [5.41, 5.74) is -0.384. The van der Waals surface area contributed by atoms with Gasteiger partial charge < -0.3 is 4.74 Å². The van der Waals surface area contributed by atoms with E-state index in [1.807, 2.05) is 13.8 Å². The molecule has 0 amide bonds. The number of thiol groups is 1. The summed E-state index contributed by atoms with van der Waals surface area (Å²) in [4.78, 5) is 0. The summed E-state index contributed by atoms with van der Waals surface area (Å²) in [7, 11) is 0. The zero-order valence-electron chi connectivity index (χ0n) is 10.8. The highest BCUT2D eigenvalue weighted by Crippen LogP contribution is 2.32. The van der Waals surface area contributed by atoms with Crippen LogP contribution < -0.4 is 4.74 Å². The highest BCUT2D eigenvalue weighted by atomic mass is 32.1. The maximum Gasteiger partial charge on any atom is 0.203 e. The molecule has 19 heavy (non-hydrogen) atoms. The smallest absolute Gasteiger partial charge is 0.203 e. The predicted molar refractivity (Wildman–Crippen MR) is 68.6 cm³/mol. The van der Waals surface area contributed by atoms with Crippen LogP contribution in [0.1, 0.15) is 26.7 Å². The molecule has 1 aromatic carbocycles. The predicted octanol–water partition coefficient (Wildman–Crippen LogP) is 4.36. The van der Waals surface area contributed by atoms with Crippen molar-refractivity contribution in [1.82, 2.24) is 0 Å². The minimum absolute atomic E-state index is 0.0553. The molecule has 0 saturated carbocycles. The second-order valence-electron chi connectivity index (χ2n) is 4.45. The third-order valence-electron chi connectivity index (χ3n) is 3.43. The van der Waals surface area contributed by atoms with E-state index in [1.165, 1.54) is 0 Å². The van der Waals surface area contributed by atoms with Gasteiger partial charge in [0.15, 0.2) is 17.4 Å². The molecule has 0 bridgehead atoms. The summed E-state index contributed by atoms with van der Waals surface area (Å²) in [5, 5.41) is 0. The first-order valence-corrected chi connectivity index (χ1v) is 6.60. The third kappa shape index (κ3) is 3.35. The van der Waals surface area contributed by atoms with Crippen LogP contribution in [0, 0.1) is 28.7 Å². The number of hydrogen-bond donors (Lipinski definition) is 1. The van der Waals surface area contributed by atoms with Gasteiger partial charge in [0.2, 0.25) is 11.6 Å². The van der Waals surface area contributed by atoms with Crippen LogP contribution in [0.5, 0.6) is 5.75 Å². The molecule has 0 heterocycles. The molecule has 0 radical (unpaired) electrons. The molecule has 0 saturated heterocycles. The fourth-order valence-corrected chi connectivity index (χ4v) is 2.17. The zero-order chi connectivity index (χ0) is 14.6. The minimum Gasteiger partial charge on any atom is -0.487 e. The molecule has 0 N–H and O–H groups in total. The lowest BCUT2D eigenvalue weighted by Crippen LogP contribution is -2.29. The van der Waals surface area contributed by atoms with Crippen molar-refractivity contribution in [3.05, 3.63) is 29.3 Å². The van der Waals surface area contributed by atoms with Gasteiger partial charge in [-0.1, -0.05) is 13.8 Å². The molecule has 0 spiro atoms. The van der Waals surface area contributed by atoms with Gasteiger partial charge in [0.25, 0.3) is 0 Å². The van der Waals surface area contributed by atoms with Crippen molar-refractivity contribution >= 4 is 12.6 Å². The molecule has 6 heteroatoms. The van der Waals surface area contributed by atoms with E-state index in [1.54, 1.807) is 0 Å². The van der Waals surface area contributed by atoms with Gasteiger partial charge in [0, 0.05) is 11.5 Å². The fraction of sp³-hybridized carbons (Fsp3) is 0.538. The van der Waals surface area contributed by atoms with Crippen molar-refractivity contribution in [3.8, 4) is 5.75 Å². The Balaban J connectivity index is 3.01. The van der Waals surface area contributed by atoms with Crippen LogP contribution in [0.3, 0.4) is 0 Å². The van der Waals surface area contributed by atoms with Crippen molar-refractivity contribution in [1.29, 1.82) is 0 Å². The molecule has 1 nitrogen and oxygen atoms in total. The van der Waals surface area contributed by atoms with Gasteiger partial charge in [-0.15, -0.1) is 0 Å². The van der Waals surface area contributed by atoms with Gasteiger partial charge >= 0.3 is 0 Å². The molecule has 0 atom stereocenters. The minimum atomic E-state index is -1.51. The molecule has 0 aliphatic rings. The second kappa shape index (κ2) is 6.50. The Kier molecular flexibility index (Phi) is 5.52. The third-order valence-corrected chi connectivity index (χ3v) is 4.10. The molecule has 0 fully saturated rings. The van der Waals surface area contributed by atoms with E-state index in [0.29, 0.717) is 18.6 Å². The molecule has 0 unspecified atom stereocenters. The van der Waals surface area contributed by atoms with Gasteiger partial charge in [0.1, 0.15) is 0 Å². The summed E-state index contributed by atoms with van der Waals surface area (Å²) >= 11 is 4.18. The van der Waals surface area contributed by atoms with Crippen molar-refractivity contribution < 1.29 is 22.3 Å². The molecule has 1 aromatic rings. The quantitative estimate of drug-likeness (QED) is 0.466. The SMILES string of the molecule is CCC(CC)(CS)COc1c(F)c(F)cc(F)c1F. The first-order valence-electron chi connectivity index (χ1n) is 5.97. The van der Waals surface area contributed by atoms with Crippen molar-refractivity contribution in [3.63, 3.8) is 0 Å². The van der Waals surface area contributed by atoms with E-state index in [-0.39, 0.29) is 18.1 Å². The van der Waals surface area contributed by atoms with E-state index >= 15 is 0 Å². The highest BCUT2D eigenvalue weighted by Gasteiger charge is 2.28. The van der Waals surface area contributed by atoms with Gasteiger partial charge in [-0.25, -0.2) is 8.78 Å². The summed E-state index contributed by atoms with van der Waals surface area (Å²) in [5.74, 6) is -6.54. The Morgan fingerprint density at radius 1 is 1.05 bits per heavy atom. The number of benzene rings is 1. The van der Waals surface area contributed by atoms with Gasteiger partial charge in [-0.2, -0.15) is 21.4 Å². The number of ether oxygens (including phenoxy) is 1. The number of halogens is 4. The van der Waals surface area contributed by atoms with E-state index < -0.39 is 29.0 Å². The lowest BCUT2D eigenvalue weighted by Gasteiger charge is -2.29. The van der Waals surface area contributed by atoms with Crippen LogP contribution in [0.4, 0.5) is 17.6 Å². The first-order chi connectivity index (χ1) is 8.90. The largest absolute Gasteiger partial charge is 0.487 e. The lowest BCUT2D eigenvalue weighted by atomic mass is 9.85. The van der Waals surface area contributed by atoms with Crippen LogP contribution in [0.15, 0.2) is 6.07 Å². The molecule has 0 aromatic heterocycles. The Morgan fingerprint density at radius 3 is 1.89 bits per heavy atom. The fourth-order valence-electron chi connectivity index (χ4n) is 1.63. The maximum absolute atomic E-state index is 13.4. The monoisotopic (exact) mass is 296 g/mol. The van der Waals surface area contributed by atoms with Crippen LogP contribution >= 0.6 is 12.6 Å². The van der Waals surface area contributed by atoms with Crippen LogP contribution in [-0.2, 0) is 0 Å². The normalized spacial score (nSPS) is 11.7. The van der Waals surface area contributed by atoms with Crippen molar-refractivity contribution in [2.75, 3.05) is 12.4 Å².